The van der Waals surface area contributed by atoms with Gasteiger partial charge in [0.2, 0.25) is 0 Å². The molecule has 3 aromatic heterocycles. The van der Waals surface area contributed by atoms with Crippen molar-refractivity contribution in [2.24, 2.45) is 0 Å². The van der Waals surface area contributed by atoms with Gasteiger partial charge < -0.3 is 19.4 Å². The topological polar surface area (TPSA) is 63.3 Å². The Morgan fingerprint density at radius 1 is 1.19 bits per heavy atom. The van der Waals surface area contributed by atoms with Crippen LogP contribution in [-0.4, -0.2) is 48.4 Å². The third-order valence-corrected chi connectivity index (χ3v) is 6.59. The molecule has 138 valence electrons. The number of ether oxygens (including phenoxy) is 2. The van der Waals surface area contributed by atoms with Gasteiger partial charge in [-0.05, 0) is 23.6 Å². The van der Waals surface area contributed by atoms with Gasteiger partial charge >= 0.3 is 0 Å². The van der Waals surface area contributed by atoms with Gasteiger partial charge in [-0.15, -0.1) is 22.7 Å². The van der Waals surface area contributed by atoms with E-state index in [2.05, 4.69) is 27.4 Å². The normalized spacial score (nSPS) is 14.8. The second-order valence-corrected chi connectivity index (χ2v) is 8.14. The van der Waals surface area contributed by atoms with E-state index >= 15 is 0 Å². The number of nitrogens with zero attached hydrogens (tertiary/aromatic N) is 3. The van der Waals surface area contributed by atoms with Crippen LogP contribution >= 0.6 is 22.7 Å². The molecule has 0 bridgehead atoms. The lowest BCUT2D eigenvalue weighted by atomic mass is 10.2. The number of hydrogen-bond acceptors (Lipinski definition) is 7. The van der Waals surface area contributed by atoms with Crippen molar-refractivity contribution in [1.29, 1.82) is 0 Å². The number of rotatable bonds is 4. The van der Waals surface area contributed by atoms with E-state index in [9.17, 15) is 0 Å². The summed E-state index contributed by atoms with van der Waals surface area (Å²) in [5.41, 5.74) is 3.01. The Balaban J connectivity index is 1.59. The Hall–Kier alpha value is -2.42. The van der Waals surface area contributed by atoms with Crippen LogP contribution < -0.4 is 9.64 Å². The Kier molecular flexibility index (Phi) is 4.31. The smallest absolute Gasteiger partial charge is 0.167 e. The molecule has 1 aliphatic heterocycles. The predicted octanol–water partition coefficient (Wildman–Crippen LogP) is 4.26. The van der Waals surface area contributed by atoms with Crippen molar-refractivity contribution in [3.63, 3.8) is 0 Å². The predicted molar refractivity (Wildman–Crippen MR) is 110 cm³/mol. The number of anilines is 1. The molecule has 0 saturated carbocycles. The first-order chi connectivity index (χ1) is 13.3. The molecule has 0 radical (unpaired) electrons. The largest absolute Gasteiger partial charge is 0.494 e. The lowest BCUT2D eigenvalue weighted by molar-refractivity contribution is 0.123. The summed E-state index contributed by atoms with van der Waals surface area (Å²) >= 11 is 3.33. The summed E-state index contributed by atoms with van der Waals surface area (Å²) in [5, 5.41) is 2.92. The SMILES string of the molecule is COc1ccc(N2CCOCC2)c2sc(-c3nc(-c4cccs4)c[nH]3)nc12. The second kappa shape index (κ2) is 6.95. The third-order valence-electron chi connectivity index (χ3n) is 4.61. The van der Waals surface area contributed by atoms with Crippen LogP contribution in [0, 0.1) is 0 Å². The minimum atomic E-state index is 0.752. The molecule has 0 amide bonds. The zero-order chi connectivity index (χ0) is 18.2. The summed E-state index contributed by atoms with van der Waals surface area (Å²) in [7, 11) is 1.68. The van der Waals surface area contributed by atoms with Crippen LogP contribution in [0.4, 0.5) is 5.69 Å². The molecule has 1 fully saturated rings. The monoisotopic (exact) mass is 398 g/mol. The average Bonchev–Trinajstić information content (AvgIpc) is 3.47. The Morgan fingerprint density at radius 3 is 2.85 bits per heavy atom. The van der Waals surface area contributed by atoms with E-state index in [0.717, 1.165) is 63.7 Å². The van der Waals surface area contributed by atoms with E-state index < -0.39 is 0 Å². The number of aromatic amines is 1. The Labute approximate surface area is 164 Å². The summed E-state index contributed by atoms with van der Waals surface area (Å²) < 4.78 is 12.2. The molecule has 0 atom stereocenters. The maximum Gasteiger partial charge on any atom is 0.167 e. The molecule has 0 unspecified atom stereocenters. The summed E-state index contributed by atoms with van der Waals surface area (Å²) in [4.78, 5) is 16.4. The van der Waals surface area contributed by atoms with Crippen molar-refractivity contribution in [2.45, 2.75) is 0 Å². The fraction of sp³-hybridized carbons (Fsp3) is 0.263. The van der Waals surface area contributed by atoms with Crippen LogP contribution in [0.3, 0.4) is 0 Å². The molecule has 4 heterocycles. The lowest BCUT2D eigenvalue weighted by Crippen LogP contribution is -2.36. The first-order valence-electron chi connectivity index (χ1n) is 8.73. The van der Waals surface area contributed by atoms with E-state index in [0.29, 0.717) is 0 Å². The van der Waals surface area contributed by atoms with E-state index in [1.807, 2.05) is 18.3 Å². The zero-order valence-electron chi connectivity index (χ0n) is 14.8. The maximum atomic E-state index is 5.56. The second-order valence-electron chi connectivity index (χ2n) is 6.19. The van der Waals surface area contributed by atoms with Crippen molar-refractivity contribution in [2.75, 3.05) is 38.3 Å². The molecule has 4 aromatic rings. The standard InChI is InChI=1S/C19H18N4O2S2/c1-24-14-5-4-13(23-6-8-25-9-7-23)17-16(14)22-19(27-17)18-20-11-12(21-18)15-3-2-10-26-15/h2-5,10-11H,6-9H2,1H3,(H,20,21). The van der Waals surface area contributed by atoms with E-state index in [4.69, 9.17) is 19.4 Å². The molecule has 8 heteroatoms. The lowest BCUT2D eigenvalue weighted by Gasteiger charge is -2.29. The molecule has 6 nitrogen and oxygen atoms in total. The molecule has 1 N–H and O–H groups in total. The van der Waals surface area contributed by atoms with Crippen LogP contribution in [0.2, 0.25) is 0 Å². The summed E-state index contributed by atoms with van der Waals surface area (Å²) in [6, 6.07) is 8.22. The number of imidazole rings is 1. The van der Waals surface area contributed by atoms with E-state index in [-0.39, 0.29) is 0 Å². The van der Waals surface area contributed by atoms with Crippen molar-refractivity contribution in [3.05, 3.63) is 35.8 Å². The van der Waals surface area contributed by atoms with Crippen LogP contribution in [0.5, 0.6) is 5.75 Å². The number of morpholine rings is 1. The number of thiophene rings is 1. The van der Waals surface area contributed by atoms with Crippen molar-refractivity contribution in [1.82, 2.24) is 15.0 Å². The fourth-order valence-corrected chi connectivity index (χ4v) is 5.03. The van der Waals surface area contributed by atoms with Gasteiger partial charge in [0.25, 0.3) is 0 Å². The molecule has 1 aliphatic rings. The highest BCUT2D eigenvalue weighted by Gasteiger charge is 2.20. The molecule has 1 saturated heterocycles. The van der Waals surface area contributed by atoms with E-state index in [1.165, 1.54) is 5.69 Å². The molecular formula is C19H18N4O2S2. The molecule has 0 aliphatic carbocycles. The number of aromatic nitrogens is 3. The first-order valence-corrected chi connectivity index (χ1v) is 10.4. The zero-order valence-corrected chi connectivity index (χ0v) is 16.4. The van der Waals surface area contributed by atoms with Gasteiger partial charge in [-0.1, -0.05) is 6.07 Å². The minimum absolute atomic E-state index is 0.752. The van der Waals surface area contributed by atoms with Crippen LogP contribution in [0.15, 0.2) is 35.8 Å². The van der Waals surface area contributed by atoms with Crippen molar-refractivity contribution >= 4 is 38.6 Å². The summed E-state index contributed by atoms with van der Waals surface area (Å²) in [5.74, 6) is 1.57. The number of nitrogens with one attached hydrogen (secondary N) is 1. The average molecular weight is 399 g/mol. The van der Waals surface area contributed by atoms with Crippen molar-refractivity contribution in [3.8, 4) is 27.2 Å². The molecular weight excluding hydrogens is 380 g/mol. The maximum absolute atomic E-state index is 5.56. The highest BCUT2D eigenvalue weighted by molar-refractivity contribution is 7.22. The summed E-state index contributed by atoms with van der Waals surface area (Å²) in [6.45, 7) is 3.28. The number of H-pyrrole nitrogens is 1. The number of methoxy groups -OCH3 is 1. The van der Waals surface area contributed by atoms with Crippen LogP contribution in [-0.2, 0) is 4.74 Å². The van der Waals surface area contributed by atoms with Gasteiger partial charge in [0.1, 0.15) is 11.3 Å². The Morgan fingerprint density at radius 2 is 2.07 bits per heavy atom. The first kappa shape index (κ1) is 16.7. The van der Waals surface area contributed by atoms with Gasteiger partial charge in [-0.2, -0.15) is 0 Å². The molecule has 1 aromatic carbocycles. The van der Waals surface area contributed by atoms with Gasteiger partial charge in [0.05, 0.1) is 41.3 Å². The number of hydrogen-bond donors (Lipinski definition) is 1. The Bertz CT molecular complexity index is 1060. The number of thiazole rings is 1. The highest BCUT2D eigenvalue weighted by Crippen LogP contribution is 2.40. The van der Waals surface area contributed by atoms with Gasteiger partial charge in [0, 0.05) is 19.3 Å². The van der Waals surface area contributed by atoms with Crippen molar-refractivity contribution < 1.29 is 9.47 Å². The third kappa shape index (κ3) is 2.99. The van der Waals surface area contributed by atoms with Crippen LogP contribution in [0.25, 0.3) is 31.6 Å². The molecule has 27 heavy (non-hydrogen) atoms. The van der Waals surface area contributed by atoms with Gasteiger partial charge in [-0.25, -0.2) is 9.97 Å². The molecule has 0 spiro atoms. The number of fused-ring (bicyclic) bond motifs is 1. The highest BCUT2D eigenvalue weighted by atomic mass is 32.1. The summed E-state index contributed by atoms with van der Waals surface area (Å²) in [6.07, 6.45) is 1.94. The fourth-order valence-electron chi connectivity index (χ4n) is 3.27. The van der Waals surface area contributed by atoms with E-state index in [1.54, 1.807) is 29.8 Å². The van der Waals surface area contributed by atoms with Gasteiger partial charge in [-0.3, -0.25) is 0 Å². The van der Waals surface area contributed by atoms with Gasteiger partial charge in [0.15, 0.2) is 10.8 Å². The number of benzene rings is 1. The minimum Gasteiger partial charge on any atom is -0.494 e. The molecule has 5 rings (SSSR count). The quantitative estimate of drug-likeness (QED) is 0.556. The van der Waals surface area contributed by atoms with Crippen LogP contribution in [0.1, 0.15) is 0 Å².